The summed E-state index contributed by atoms with van der Waals surface area (Å²) in [7, 11) is -4.87. The molecular weight excluding hydrogens is 352 g/mol. The monoisotopic (exact) mass is 365 g/mol. The predicted molar refractivity (Wildman–Crippen MR) is 87.3 cm³/mol. The number of phosphoric acid groups is 1. The Kier molecular flexibility index (Phi) is 4.34. The lowest BCUT2D eigenvalue weighted by Gasteiger charge is -2.19. The highest BCUT2D eigenvalue weighted by molar-refractivity contribution is 7.46. The van der Waals surface area contributed by atoms with Crippen molar-refractivity contribution in [3.8, 4) is 5.75 Å². The normalized spacial score (nSPS) is 17.0. The van der Waals surface area contributed by atoms with Crippen LogP contribution < -0.4 is 4.52 Å². The van der Waals surface area contributed by atoms with Crippen molar-refractivity contribution in [2.45, 2.75) is 6.42 Å². The van der Waals surface area contributed by atoms with Gasteiger partial charge in [0.05, 0.1) is 5.70 Å². The van der Waals surface area contributed by atoms with Gasteiger partial charge in [0.1, 0.15) is 11.5 Å². The summed E-state index contributed by atoms with van der Waals surface area (Å²) in [4.78, 5) is 21.7. The van der Waals surface area contributed by atoms with Crippen LogP contribution in [0.5, 0.6) is 5.75 Å². The van der Waals surface area contributed by atoms with Crippen LogP contribution in [0.2, 0.25) is 0 Å². The van der Waals surface area contributed by atoms with Crippen LogP contribution in [0.25, 0.3) is 0 Å². The molecule has 0 aromatic heterocycles. The van der Waals surface area contributed by atoms with Crippen molar-refractivity contribution in [2.24, 2.45) is 4.99 Å². The zero-order valence-corrected chi connectivity index (χ0v) is 13.6. The number of fused-ring (bicyclic) bond motifs is 2. The van der Waals surface area contributed by atoms with E-state index < -0.39 is 19.4 Å². The standard InChI is InChI=1S/C16H13FNO6P/c1-2-9-5-12(19)7-11-8-15(9)23-16(18-11)10-3-4-14(13(17)6-10)24-25(20,21)22/h2-7,19H,1,8H2,(H2,20,21,22). The van der Waals surface area contributed by atoms with Crippen LogP contribution in [0, 0.1) is 5.82 Å². The fourth-order valence-electron chi connectivity index (χ4n) is 2.34. The van der Waals surface area contributed by atoms with Crippen LogP contribution in [0.3, 0.4) is 0 Å². The number of rotatable bonds is 4. The minimum atomic E-state index is -4.87. The molecule has 3 rings (SSSR count). The van der Waals surface area contributed by atoms with Crippen molar-refractivity contribution in [2.75, 3.05) is 0 Å². The van der Waals surface area contributed by atoms with Crippen molar-refractivity contribution in [3.63, 3.8) is 0 Å². The summed E-state index contributed by atoms with van der Waals surface area (Å²) in [5, 5.41) is 9.81. The molecule has 9 heteroatoms. The van der Waals surface area contributed by atoms with Gasteiger partial charge in [0, 0.05) is 23.6 Å². The maximum atomic E-state index is 14.0. The van der Waals surface area contributed by atoms with Crippen molar-refractivity contribution in [3.05, 3.63) is 77.2 Å². The molecule has 2 bridgehead atoms. The van der Waals surface area contributed by atoms with Gasteiger partial charge in [-0.3, -0.25) is 9.79 Å². The predicted octanol–water partition coefficient (Wildman–Crippen LogP) is 3.24. The van der Waals surface area contributed by atoms with Gasteiger partial charge >= 0.3 is 7.82 Å². The quantitative estimate of drug-likeness (QED) is 0.707. The largest absolute Gasteiger partial charge is 0.524 e. The highest BCUT2D eigenvalue weighted by Gasteiger charge is 2.24. The SMILES string of the molecule is C=CC1=C2CC(=CC(O)=C1)N=C(c1ccc(OP(=O)(O)O)c(F)c1)O2. The van der Waals surface area contributed by atoms with E-state index in [1.807, 2.05) is 0 Å². The molecule has 0 amide bonds. The molecule has 0 fully saturated rings. The summed E-state index contributed by atoms with van der Waals surface area (Å²) < 4.78 is 34.8. The summed E-state index contributed by atoms with van der Waals surface area (Å²) in [5.74, 6) is -1.00. The number of halogens is 1. The molecule has 3 N–H and O–H groups in total. The fourth-order valence-corrected chi connectivity index (χ4v) is 2.74. The minimum Gasteiger partial charge on any atom is -0.508 e. The lowest BCUT2D eigenvalue weighted by Crippen LogP contribution is -2.14. The number of hydrogen-bond donors (Lipinski definition) is 3. The molecule has 0 atom stereocenters. The molecule has 2 aliphatic rings. The average molecular weight is 365 g/mol. The first-order chi connectivity index (χ1) is 11.7. The molecule has 0 radical (unpaired) electrons. The lowest BCUT2D eigenvalue weighted by molar-refractivity contribution is 0.278. The number of nitrogens with zero attached hydrogens (tertiary/aromatic N) is 1. The molecule has 1 aromatic carbocycles. The van der Waals surface area contributed by atoms with Crippen molar-refractivity contribution >= 4 is 13.7 Å². The summed E-state index contributed by atoms with van der Waals surface area (Å²) in [6, 6.07) is 3.41. The Morgan fingerprint density at radius 2 is 2.12 bits per heavy atom. The Morgan fingerprint density at radius 3 is 2.76 bits per heavy atom. The van der Waals surface area contributed by atoms with Gasteiger partial charge in [-0.15, -0.1) is 0 Å². The van der Waals surface area contributed by atoms with E-state index in [0.717, 1.165) is 12.1 Å². The van der Waals surface area contributed by atoms with Gasteiger partial charge in [-0.2, -0.15) is 0 Å². The number of aliphatic imine (C=N–C) groups is 1. The molecule has 130 valence electrons. The number of aliphatic hydroxyl groups excluding tert-OH is 1. The van der Waals surface area contributed by atoms with E-state index >= 15 is 0 Å². The third-order valence-electron chi connectivity index (χ3n) is 3.36. The van der Waals surface area contributed by atoms with Crippen LogP contribution in [-0.4, -0.2) is 20.8 Å². The third-order valence-corrected chi connectivity index (χ3v) is 3.80. The molecule has 7 nitrogen and oxygen atoms in total. The highest BCUT2D eigenvalue weighted by Crippen LogP contribution is 2.39. The van der Waals surface area contributed by atoms with Crippen LogP contribution >= 0.6 is 7.82 Å². The average Bonchev–Trinajstić information content (AvgIpc) is 2.63. The van der Waals surface area contributed by atoms with Crippen molar-refractivity contribution < 1.29 is 33.1 Å². The van der Waals surface area contributed by atoms with Crippen molar-refractivity contribution in [1.29, 1.82) is 0 Å². The number of aliphatic hydroxyl groups is 1. The first-order valence-corrected chi connectivity index (χ1v) is 8.56. The number of benzene rings is 1. The maximum absolute atomic E-state index is 14.0. The topological polar surface area (TPSA) is 109 Å². The summed E-state index contributed by atoms with van der Waals surface area (Å²) >= 11 is 0. The Morgan fingerprint density at radius 1 is 1.36 bits per heavy atom. The molecule has 1 aliphatic heterocycles. The van der Waals surface area contributed by atoms with Crippen LogP contribution in [0.1, 0.15) is 12.0 Å². The summed E-state index contributed by atoms with van der Waals surface area (Å²) in [6.07, 6.45) is 4.79. The molecule has 0 saturated heterocycles. The van der Waals surface area contributed by atoms with Crippen molar-refractivity contribution in [1.82, 2.24) is 0 Å². The van der Waals surface area contributed by atoms with Crippen LogP contribution in [0.15, 0.2) is 70.8 Å². The van der Waals surface area contributed by atoms with Gasteiger partial charge < -0.3 is 14.4 Å². The van der Waals surface area contributed by atoms with E-state index in [9.17, 15) is 14.1 Å². The Balaban J connectivity index is 1.98. The van der Waals surface area contributed by atoms with Gasteiger partial charge in [-0.25, -0.2) is 13.9 Å². The Hall–Kier alpha value is -2.67. The van der Waals surface area contributed by atoms with E-state index in [-0.39, 0.29) is 17.2 Å². The van der Waals surface area contributed by atoms with Crippen LogP contribution in [0.4, 0.5) is 4.39 Å². The van der Waals surface area contributed by atoms with Gasteiger partial charge in [0.15, 0.2) is 11.6 Å². The molecule has 0 saturated carbocycles. The van der Waals surface area contributed by atoms with Crippen LogP contribution in [-0.2, 0) is 9.30 Å². The van der Waals surface area contributed by atoms with Gasteiger partial charge in [0.25, 0.3) is 0 Å². The third kappa shape index (κ3) is 3.88. The van der Waals surface area contributed by atoms with E-state index in [1.165, 1.54) is 24.3 Å². The van der Waals surface area contributed by atoms with E-state index in [0.29, 0.717) is 23.5 Å². The number of allylic oxidation sites excluding steroid dienone is 4. The summed E-state index contributed by atoms with van der Waals surface area (Å²) in [6.45, 7) is 3.66. The fraction of sp³-hybridized carbons (Fsp3) is 0.0625. The minimum absolute atomic E-state index is 0.00919. The van der Waals surface area contributed by atoms with E-state index in [1.54, 1.807) is 0 Å². The smallest absolute Gasteiger partial charge is 0.508 e. The Bertz CT molecular complexity index is 925. The summed E-state index contributed by atoms with van der Waals surface area (Å²) in [5.41, 5.74) is 1.32. The molecule has 1 heterocycles. The Labute approximate surface area is 142 Å². The molecular formula is C16H13FNO6P. The molecule has 0 unspecified atom stereocenters. The second-order valence-corrected chi connectivity index (χ2v) is 6.37. The second kappa shape index (κ2) is 6.33. The first-order valence-electron chi connectivity index (χ1n) is 7.03. The number of hydrogen-bond acceptors (Lipinski definition) is 5. The zero-order valence-electron chi connectivity index (χ0n) is 12.7. The molecule has 1 aromatic rings. The lowest BCUT2D eigenvalue weighted by atomic mass is 10.1. The van der Waals surface area contributed by atoms with Gasteiger partial charge in [-0.05, 0) is 24.3 Å². The second-order valence-electron chi connectivity index (χ2n) is 5.21. The molecule has 25 heavy (non-hydrogen) atoms. The number of ether oxygens (including phenoxy) is 1. The van der Waals surface area contributed by atoms with E-state index in [4.69, 9.17) is 14.5 Å². The van der Waals surface area contributed by atoms with E-state index in [2.05, 4.69) is 16.1 Å². The molecule has 1 aliphatic carbocycles. The molecule has 0 spiro atoms. The maximum Gasteiger partial charge on any atom is 0.524 e. The first kappa shape index (κ1) is 17.2. The van der Waals surface area contributed by atoms with Gasteiger partial charge in [0.2, 0.25) is 5.90 Å². The number of phosphoric ester groups is 1. The highest BCUT2D eigenvalue weighted by atomic mass is 31.2. The van der Waals surface area contributed by atoms with Gasteiger partial charge in [-0.1, -0.05) is 12.7 Å². The zero-order chi connectivity index (χ0) is 18.2.